The second-order valence-corrected chi connectivity index (χ2v) is 6.42. The number of rotatable bonds is 3. The molecule has 0 aliphatic rings. The Morgan fingerprint density at radius 1 is 1.05 bits per heavy atom. The van der Waals surface area contributed by atoms with Crippen LogP contribution in [0.3, 0.4) is 0 Å². The molecule has 3 rings (SSSR count). The summed E-state index contributed by atoms with van der Waals surface area (Å²) in [6.45, 7) is 6.62. The summed E-state index contributed by atoms with van der Waals surface area (Å²) >= 11 is 0. The van der Waals surface area contributed by atoms with E-state index in [1.54, 1.807) is 0 Å². The molecule has 0 aliphatic heterocycles. The summed E-state index contributed by atoms with van der Waals surface area (Å²) in [6.07, 6.45) is 3.13. The van der Waals surface area contributed by atoms with E-state index in [1.807, 2.05) is 0 Å². The lowest BCUT2D eigenvalue weighted by atomic mass is 10.0. The molecule has 0 saturated carbocycles. The lowest BCUT2D eigenvalue weighted by Crippen LogP contribution is -2.30. The highest BCUT2D eigenvalue weighted by atomic mass is 14.9. The minimum Gasteiger partial charge on any atom is -0.252 e. The van der Waals surface area contributed by atoms with Crippen LogP contribution in [-0.4, -0.2) is 4.98 Å². The first kappa shape index (κ1) is 14.7. The zero-order chi connectivity index (χ0) is 15.7. The van der Waals surface area contributed by atoms with Crippen molar-refractivity contribution in [3.63, 3.8) is 0 Å². The molecule has 0 N–H and O–H groups in total. The SMILES string of the molecule is Cc1ccccc1-c1c2ccc(CC(C)C)nc2cc[n+]1C. The molecule has 2 heterocycles. The number of hydrogen-bond acceptors (Lipinski definition) is 1. The van der Waals surface area contributed by atoms with E-state index >= 15 is 0 Å². The quantitative estimate of drug-likeness (QED) is 0.660. The minimum atomic E-state index is 0.626. The van der Waals surface area contributed by atoms with Crippen LogP contribution in [0, 0.1) is 12.8 Å². The first-order valence-corrected chi connectivity index (χ1v) is 7.90. The molecule has 0 fully saturated rings. The van der Waals surface area contributed by atoms with Crippen molar-refractivity contribution in [2.45, 2.75) is 27.2 Å². The molecule has 112 valence electrons. The molecule has 1 aromatic carbocycles. The maximum atomic E-state index is 4.86. The summed E-state index contributed by atoms with van der Waals surface area (Å²) in [5, 5.41) is 1.21. The van der Waals surface area contributed by atoms with Gasteiger partial charge in [0, 0.05) is 17.3 Å². The van der Waals surface area contributed by atoms with Gasteiger partial charge in [-0.15, -0.1) is 0 Å². The van der Waals surface area contributed by atoms with E-state index in [0.717, 1.165) is 11.9 Å². The summed E-state index contributed by atoms with van der Waals surface area (Å²) in [5.41, 5.74) is 6.05. The third-order valence-electron chi connectivity index (χ3n) is 4.06. The number of nitrogens with zero attached hydrogens (tertiary/aromatic N) is 2. The van der Waals surface area contributed by atoms with Crippen LogP contribution in [0.15, 0.2) is 48.7 Å². The Morgan fingerprint density at radius 3 is 2.55 bits per heavy atom. The van der Waals surface area contributed by atoms with Crippen LogP contribution in [0.25, 0.3) is 22.2 Å². The van der Waals surface area contributed by atoms with E-state index in [4.69, 9.17) is 4.98 Å². The first-order valence-electron chi connectivity index (χ1n) is 7.90. The number of hydrogen-bond donors (Lipinski definition) is 0. The molecule has 0 aliphatic carbocycles. The van der Waals surface area contributed by atoms with Gasteiger partial charge in [-0.1, -0.05) is 32.0 Å². The first-order chi connectivity index (χ1) is 10.6. The summed E-state index contributed by atoms with van der Waals surface area (Å²) in [7, 11) is 2.10. The molecular formula is C20H23N2+. The average Bonchev–Trinajstić information content (AvgIpc) is 2.48. The van der Waals surface area contributed by atoms with Gasteiger partial charge in [0.05, 0.1) is 10.9 Å². The van der Waals surface area contributed by atoms with Crippen LogP contribution >= 0.6 is 0 Å². The minimum absolute atomic E-state index is 0.626. The molecule has 3 aromatic rings. The van der Waals surface area contributed by atoms with E-state index in [9.17, 15) is 0 Å². The van der Waals surface area contributed by atoms with Crippen LogP contribution in [0.2, 0.25) is 0 Å². The Morgan fingerprint density at radius 2 is 1.82 bits per heavy atom. The molecule has 0 amide bonds. The van der Waals surface area contributed by atoms with Gasteiger partial charge in [0.25, 0.3) is 0 Å². The van der Waals surface area contributed by atoms with E-state index in [-0.39, 0.29) is 0 Å². The van der Waals surface area contributed by atoms with Crippen molar-refractivity contribution in [2.24, 2.45) is 13.0 Å². The average molecular weight is 291 g/mol. The van der Waals surface area contributed by atoms with Gasteiger partial charge in [-0.25, -0.2) is 4.57 Å². The molecule has 2 nitrogen and oxygen atoms in total. The van der Waals surface area contributed by atoms with E-state index in [0.29, 0.717) is 5.92 Å². The Kier molecular flexibility index (Phi) is 3.93. The number of pyridine rings is 2. The van der Waals surface area contributed by atoms with E-state index in [1.165, 1.54) is 27.9 Å². The van der Waals surface area contributed by atoms with Gasteiger partial charge in [0.15, 0.2) is 6.20 Å². The molecule has 0 radical (unpaired) electrons. The van der Waals surface area contributed by atoms with Crippen molar-refractivity contribution in [1.29, 1.82) is 0 Å². The summed E-state index contributed by atoms with van der Waals surface area (Å²) in [4.78, 5) is 4.86. The van der Waals surface area contributed by atoms with Gasteiger partial charge in [-0.05, 0) is 43.0 Å². The van der Waals surface area contributed by atoms with Crippen molar-refractivity contribution in [3.8, 4) is 11.3 Å². The third-order valence-corrected chi connectivity index (χ3v) is 4.06. The lowest BCUT2D eigenvalue weighted by Gasteiger charge is -2.09. The third kappa shape index (κ3) is 2.74. The van der Waals surface area contributed by atoms with Gasteiger partial charge in [0.2, 0.25) is 5.69 Å². The Labute approximate surface area is 132 Å². The molecule has 0 atom stereocenters. The predicted octanol–water partition coefficient (Wildman–Crippen LogP) is 4.23. The topological polar surface area (TPSA) is 16.8 Å². The smallest absolute Gasteiger partial charge is 0.222 e. The fourth-order valence-corrected chi connectivity index (χ4v) is 3.00. The highest BCUT2D eigenvalue weighted by Gasteiger charge is 2.17. The summed E-state index contributed by atoms with van der Waals surface area (Å²) in [5.74, 6) is 0.626. The molecular weight excluding hydrogens is 268 g/mol. The van der Waals surface area contributed by atoms with Crippen LogP contribution in [0.5, 0.6) is 0 Å². The number of aryl methyl sites for hydroxylation is 2. The van der Waals surface area contributed by atoms with E-state index < -0.39 is 0 Å². The summed E-state index contributed by atoms with van der Waals surface area (Å²) < 4.78 is 2.19. The zero-order valence-corrected chi connectivity index (χ0v) is 13.8. The van der Waals surface area contributed by atoms with Crippen molar-refractivity contribution >= 4 is 10.9 Å². The van der Waals surface area contributed by atoms with Crippen LogP contribution in [0.4, 0.5) is 0 Å². The molecule has 0 bridgehead atoms. The van der Waals surface area contributed by atoms with Crippen molar-refractivity contribution in [1.82, 2.24) is 4.98 Å². The maximum absolute atomic E-state index is 4.86. The second kappa shape index (κ2) is 5.88. The van der Waals surface area contributed by atoms with E-state index in [2.05, 4.69) is 81.0 Å². The van der Waals surface area contributed by atoms with Crippen LogP contribution < -0.4 is 4.57 Å². The summed E-state index contributed by atoms with van der Waals surface area (Å²) in [6, 6.07) is 15.0. The Hall–Kier alpha value is -2.22. The predicted molar refractivity (Wildman–Crippen MR) is 91.6 cm³/mol. The standard InChI is InChI=1S/C20H23N2/c1-14(2)13-16-9-10-18-19(21-16)11-12-22(4)20(18)17-8-6-5-7-15(17)3/h5-12,14H,13H2,1-4H3/q+1. The van der Waals surface area contributed by atoms with Gasteiger partial charge >= 0.3 is 0 Å². The number of aromatic nitrogens is 2. The van der Waals surface area contributed by atoms with Crippen molar-refractivity contribution < 1.29 is 4.57 Å². The van der Waals surface area contributed by atoms with Crippen molar-refractivity contribution in [3.05, 3.63) is 59.9 Å². The van der Waals surface area contributed by atoms with Crippen LogP contribution in [-0.2, 0) is 13.5 Å². The zero-order valence-electron chi connectivity index (χ0n) is 13.8. The van der Waals surface area contributed by atoms with Gasteiger partial charge in [-0.2, -0.15) is 0 Å². The number of fused-ring (bicyclic) bond motifs is 1. The molecule has 0 saturated heterocycles. The molecule has 22 heavy (non-hydrogen) atoms. The fraction of sp³-hybridized carbons (Fsp3) is 0.300. The van der Waals surface area contributed by atoms with Gasteiger partial charge < -0.3 is 0 Å². The van der Waals surface area contributed by atoms with Crippen LogP contribution in [0.1, 0.15) is 25.1 Å². The molecule has 2 heteroatoms. The normalized spacial score (nSPS) is 11.3. The molecule has 0 spiro atoms. The monoisotopic (exact) mass is 291 g/mol. The molecule has 2 aromatic heterocycles. The van der Waals surface area contributed by atoms with Gasteiger partial charge in [-0.3, -0.25) is 4.98 Å². The fourth-order valence-electron chi connectivity index (χ4n) is 3.00. The second-order valence-electron chi connectivity index (χ2n) is 6.42. The Balaban J connectivity index is 2.22. The number of benzene rings is 1. The Bertz CT molecular complexity index is 819. The lowest BCUT2D eigenvalue weighted by molar-refractivity contribution is -0.659. The molecule has 0 unspecified atom stereocenters. The maximum Gasteiger partial charge on any atom is 0.222 e. The highest BCUT2D eigenvalue weighted by Crippen LogP contribution is 2.27. The van der Waals surface area contributed by atoms with Crippen molar-refractivity contribution in [2.75, 3.05) is 0 Å². The largest absolute Gasteiger partial charge is 0.252 e. The van der Waals surface area contributed by atoms with Gasteiger partial charge in [0.1, 0.15) is 7.05 Å². The highest BCUT2D eigenvalue weighted by molar-refractivity contribution is 5.91.